The van der Waals surface area contributed by atoms with Gasteiger partial charge in [0.05, 0.1) is 5.69 Å². The summed E-state index contributed by atoms with van der Waals surface area (Å²) >= 11 is 0. The van der Waals surface area contributed by atoms with Gasteiger partial charge in [-0.3, -0.25) is 4.68 Å². The monoisotopic (exact) mass is 298 g/mol. The van der Waals surface area contributed by atoms with Gasteiger partial charge in [-0.15, -0.1) is 0 Å². The van der Waals surface area contributed by atoms with Crippen LogP contribution < -0.4 is 0 Å². The number of hydrogen-bond donors (Lipinski definition) is 0. The highest BCUT2D eigenvalue weighted by molar-refractivity contribution is 5.77. The molecular formula is C20H30N2. The van der Waals surface area contributed by atoms with Gasteiger partial charge in [-0.2, -0.15) is 5.10 Å². The Balaban J connectivity index is 2.89. The molecule has 0 atom stereocenters. The molecule has 0 fully saturated rings. The number of rotatable bonds is 4. The van der Waals surface area contributed by atoms with Gasteiger partial charge in [0.25, 0.3) is 0 Å². The summed E-state index contributed by atoms with van der Waals surface area (Å²) in [7, 11) is 0. The van der Waals surface area contributed by atoms with E-state index >= 15 is 0 Å². The van der Waals surface area contributed by atoms with E-state index in [9.17, 15) is 0 Å². The minimum absolute atomic E-state index is 0.403. The minimum Gasteiger partial charge on any atom is -0.266 e. The molecule has 0 aliphatic heterocycles. The quantitative estimate of drug-likeness (QED) is 0.730. The molecule has 0 aliphatic rings. The highest BCUT2D eigenvalue weighted by atomic mass is 15.3. The lowest BCUT2D eigenvalue weighted by Crippen LogP contribution is -2.07. The molecule has 22 heavy (non-hydrogen) atoms. The molecule has 0 radical (unpaired) electrons. The third kappa shape index (κ3) is 2.60. The summed E-state index contributed by atoms with van der Waals surface area (Å²) in [5.74, 6) is 0. The topological polar surface area (TPSA) is 17.8 Å². The minimum atomic E-state index is 0.403. The average molecular weight is 298 g/mol. The lowest BCUT2D eigenvalue weighted by atomic mass is 9.87. The molecular weight excluding hydrogens is 268 g/mol. The molecule has 0 saturated heterocycles. The van der Waals surface area contributed by atoms with Crippen LogP contribution in [0.3, 0.4) is 0 Å². The predicted molar refractivity (Wildman–Crippen MR) is 95.8 cm³/mol. The molecule has 120 valence electrons. The summed E-state index contributed by atoms with van der Waals surface area (Å²) < 4.78 is 2.23. The van der Waals surface area contributed by atoms with E-state index in [4.69, 9.17) is 5.10 Å². The van der Waals surface area contributed by atoms with Crippen LogP contribution in [0.1, 0.15) is 67.4 Å². The molecule has 2 aromatic rings. The van der Waals surface area contributed by atoms with Crippen LogP contribution in [0.5, 0.6) is 0 Å². The van der Waals surface area contributed by atoms with Crippen LogP contribution in [-0.4, -0.2) is 9.78 Å². The van der Waals surface area contributed by atoms with Crippen molar-refractivity contribution in [2.75, 3.05) is 0 Å². The molecule has 2 heteroatoms. The van der Waals surface area contributed by atoms with E-state index in [1.54, 1.807) is 0 Å². The lowest BCUT2D eigenvalue weighted by molar-refractivity contribution is 0.507. The highest BCUT2D eigenvalue weighted by Gasteiger charge is 2.22. The third-order valence-corrected chi connectivity index (χ3v) is 4.86. The van der Waals surface area contributed by atoms with E-state index in [1.807, 2.05) is 0 Å². The summed E-state index contributed by atoms with van der Waals surface area (Å²) in [4.78, 5) is 0. The van der Waals surface area contributed by atoms with Gasteiger partial charge >= 0.3 is 0 Å². The molecule has 1 aromatic carbocycles. The van der Waals surface area contributed by atoms with Gasteiger partial charge < -0.3 is 0 Å². The molecule has 0 amide bonds. The maximum absolute atomic E-state index is 4.93. The lowest BCUT2D eigenvalue weighted by Gasteiger charge is -2.18. The molecule has 0 spiro atoms. The Morgan fingerprint density at radius 1 is 0.909 bits per heavy atom. The zero-order valence-corrected chi connectivity index (χ0v) is 15.5. The van der Waals surface area contributed by atoms with Crippen LogP contribution in [0.15, 0.2) is 6.07 Å². The van der Waals surface area contributed by atoms with E-state index in [1.165, 1.54) is 44.8 Å². The smallest absolute Gasteiger partial charge is 0.0703 e. The fourth-order valence-corrected chi connectivity index (χ4v) is 3.42. The third-order valence-electron chi connectivity index (χ3n) is 4.86. The van der Waals surface area contributed by atoms with Gasteiger partial charge in [-0.25, -0.2) is 0 Å². The Morgan fingerprint density at radius 2 is 1.45 bits per heavy atom. The molecule has 0 unspecified atom stereocenters. The summed E-state index contributed by atoms with van der Waals surface area (Å²) in [5, 5.41) is 4.93. The first kappa shape index (κ1) is 16.8. The van der Waals surface area contributed by atoms with Gasteiger partial charge in [0.15, 0.2) is 0 Å². The second kappa shape index (κ2) is 6.28. The molecule has 0 saturated carbocycles. The molecule has 2 nitrogen and oxygen atoms in total. The summed E-state index contributed by atoms with van der Waals surface area (Å²) in [6.07, 6.45) is 2.00. The molecule has 0 aliphatic carbocycles. The van der Waals surface area contributed by atoms with Gasteiger partial charge in [0.2, 0.25) is 0 Å². The standard InChI is InChI=1S/C20H30N2/c1-9-17-20(18(10-2)22(21-17)12(3)4)19-15(7)13(5)11-14(6)16(19)8/h11-12H,9-10H2,1-8H3. The normalized spacial score (nSPS) is 11.5. The predicted octanol–water partition coefficient (Wildman–Crippen LogP) is 5.49. The second-order valence-electron chi connectivity index (χ2n) is 6.65. The van der Waals surface area contributed by atoms with Crippen molar-refractivity contribution in [1.82, 2.24) is 9.78 Å². The van der Waals surface area contributed by atoms with Crippen molar-refractivity contribution < 1.29 is 0 Å². The maximum Gasteiger partial charge on any atom is 0.0703 e. The second-order valence-corrected chi connectivity index (χ2v) is 6.65. The van der Waals surface area contributed by atoms with Crippen LogP contribution in [0, 0.1) is 27.7 Å². The van der Waals surface area contributed by atoms with Crippen molar-refractivity contribution in [3.63, 3.8) is 0 Å². The van der Waals surface area contributed by atoms with Crippen molar-refractivity contribution in [1.29, 1.82) is 0 Å². The molecule has 2 rings (SSSR count). The van der Waals surface area contributed by atoms with E-state index < -0.39 is 0 Å². The van der Waals surface area contributed by atoms with Gasteiger partial charge in [-0.05, 0) is 82.2 Å². The van der Waals surface area contributed by atoms with Crippen LogP contribution in [-0.2, 0) is 12.8 Å². The van der Waals surface area contributed by atoms with Gasteiger partial charge in [-0.1, -0.05) is 19.9 Å². The SMILES string of the molecule is CCc1nn(C(C)C)c(CC)c1-c1c(C)c(C)cc(C)c1C. The van der Waals surface area contributed by atoms with Crippen molar-refractivity contribution in [3.05, 3.63) is 39.7 Å². The molecule has 1 aromatic heterocycles. The van der Waals surface area contributed by atoms with Crippen molar-refractivity contribution >= 4 is 0 Å². The zero-order valence-electron chi connectivity index (χ0n) is 15.5. The van der Waals surface area contributed by atoms with Gasteiger partial charge in [0.1, 0.15) is 0 Å². The summed E-state index contributed by atoms with van der Waals surface area (Å²) in [6, 6.07) is 2.71. The molecule has 1 heterocycles. The van der Waals surface area contributed by atoms with E-state index in [2.05, 4.69) is 66.1 Å². The molecule has 0 bridgehead atoms. The van der Waals surface area contributed by atoms with Crippen LogP contribution in [0.4, 0.5) is 0 Å². The van der Waals surface area contributed by atoms with E-state index in [-0.39, 0.29) is 0 Å². The average Bonchev–Trinajstić information content (AvgIpc) is 2.84. The number of nitrogens with zero attached hydrogens (tertiary/aromatic N) is 2. The van der Waals surface area contributed by atoms with E-state index in [0.717, 1.165) is 12.8 Å². The van der Waals surface area contributed by atoms with Crippen LogP contribution in [0.25, 0.3) is 11.1 Å². The fraction of sp³-hybridized carbons (Fsp3) is 0.550. The molecule has 0 N–H and O–H groups in total. The van der Waals surface area contributed by atoms with Gasteiger partial charge in [0, 0.05) is 17.3 Å². The Hall–Kier alpha value is -1.57. The first-order valence-corrected chi connectivity index (χ1v) is 8.51. The summed E-state index contributed by atoms with van der Waals surface area (Å²) in [6.45, 7) is 17.8. The van der Waals surface area contributed by atoms with Crippen molar-refractivity contribution in [2.45, 2.75) is 74.3 Å². The largest absolute Gasteiger partial charge is 0.266 e. The Kier molecular flexibility index (Phi) is 4.79. The zero-order chi connectivity index (χ0) is 16.6. The summed E-state index contributed by atoms with van der Waals surface area (Å²) in [5.41, 5.74) is 11.0. The van der Waals surface area contributed by atoms with Crippen molar-refractivity contribution in [3.8, 4) is 11.1 Å². The number of aryl methyl sites for hydroxylation is 3. The maximum atomic E-state index is 4.93. The highest BCUT2D eigenvalue weighted by Crippen LogP contribution is 2.37. The first-order valence-electron chi connectivity index (χ1n) is 8.51. The number of benzene rings is 1. The Bertz CT molecular complexity index is 664. The fourth-order valence-electron chi connectivity index (χ4n) is 3.42. The van der Waals surface area contributed by atoms with E-state index in [0.29, 0.717) is 6.04 Å². The Labute approximate surface area is 135 Å². The number of aromatic nitrogens is 2. The van der Waals surface area contributed by atoms with Crippen LogP contribution >= 0.6 is 0 Å². The van der Waals surface area contributed by atoms with Crippen LogP contribution in [0.2, 0.25) is 0 Å². The Morgan fingerprint density at radius 3 is 1.86 bits per heavy atom. The first-order chi connectivity index (χ1) is 10.3. The number of hydrogen-bond acceptors (Lipinski definition) is 1. The van der Waals surface area contributed by atoms with Crippen molar-refractivity contribution in [2.24, 2.45) is 0 Å².